The molecule has 3 heteroatoms. The van der Waals surface area contributed by atoms with Crippen molar-refractivity contribution in [3.8, 4) is 0 Å². The molecule has 0 saturated carbocycles. The maximum absolute atomic E-state index is 11.4. The molecule has 0 fully saturated rings. The highest BCUT2D eigenvalue weighted by molar-refractivity contribution is 5.67. The predicted octanol–water partition coefficient (Wildman–Crippen LogP) is 5.53. The van der Waals surface area contributed by atoms with Gasteiger partial charge in [-0.2, -0.15) is 0 Å². The lowest BCUT2D eigenvalue weighted by atomic mass is 9.95. The highest BCUT2D eigenvalue weighted by atomic mass is 16.6. The summed E-state index contributed by atoms with van der Waals surface area (Å²) < 4.78 is 5.18. The van der Waals surface area contributed by atoms with Crippen LogP contribution in [0.3, 0.4) is 0 Å². The minimum Gasteiger partial charge on any atom is -0.444 e. The second kappa shape index (κ2) is 13.3. The largest absolute Gasteiger partial charge is 0.444 e. The molecule has 0 saturated heterocycles. The van der Waals surface area contributed by atoms with Gasteiger partial charge in [0.25, 0.3) is 0 Å². The first-order valence-corrected chi connectivity index (χ1v) is 8.35. The first kappa shape index (κ1) is 21.6. The van der Waals surface area contributed by atoms with Crippen molar-refractivity contribution in [3.05, 3.63) is 0 Å². The summed E-state index contributed by atoms with van der Waals surface area (Å²) in [5.41, 5.74) is -0.404. The third kappa shape index (κ3) is 15.3. The van der Waals surface area contributed by atoms with Crippen LogP contribution in [0.2, 0.25) is 0 Å². The normalized spacial score (nSPS) is 12.2. The van der Waals surface area contributed by atoms with E-state index < -0.39 is 5.60 Å². The first-order chi connectivity index (χ1) is 9.39. The molecule has 0 aliphatic rings. The van der Waals surface area contributed by atoms with Gasteiger partial charge in [-0.25, -0.2) is 4.79 Å². The Morgan fingerprint density at radius 1 is 1.10 bits per heavy atom. The molecule has 0 aromatic heterocycles. The molecule has 1 N–H and O–H groups in total. The van der Waals surface area contributed by atoms with Gasteiger partial charge in [0, 0.05) is 6.54 Å². The van der Waals surface area contributed by atoms with Gasteiger partial charge in [0.1, 0.15) is 5.60 Å². The monoisotopic (exact) mass is 287 g/mol. The molecular weight excluding hydrogens is 250 g/mol. The van der Waals surface area contributed by atoms with Crippen molar-refractivity contribution < 1.29 is 9.53 Å². The summed E-state index contributed by atoms with van der Waals surface area (Å²) in [5, 5.41) is 2.80. The van der Waals surface area contributed by atoms with Gasteiger partial charge in [-0.1, -0.05) is 59.8 Å². The van der Waals surface area contributed by atoms with Crippen LogP contribution in [0.5, 0.6) is 0 Å². The maximum Gasteiger partial charge on any atom is 0.407 e. The molecule has 20 heavy (non-hydrogen) atoms. The summed E-state index contributed by atoms with van der Waals surface area (Å²) in [6.07, 6.45) is 7.08. The molecule has 0 bridgehead atoms. The van der Waals surface area contributed by atoms with Gasteiger partial charge in [0.05, 0.1) is 0 Å². The Morgan fingerprint density at radius 2 is 1.70 bits per heavy atom. The summed E-state index contributed by atoms with van der Waals surface area (Å²) in [6, 6.07) is 0. The summed E-state index contributed by atoms with van der Waals surface area (Å²) >= 11 is 0. The fraction of sp³-hybridized carbons (Fsp3) is 0.941. The van der Waals surface area contributed by atoms with Gasteiger partial charge in [-0.15, -0.1) is 0 Å². The molecule has 122 valence electrons. The Hall–Kier alpha value is -0.730. The molecule has 1 atom stereocenters. The zero-order chi connectivity index (χ0) is 16.0. The zero-order valence-corrected chi connectivity index (χ0v) is 14.8. The summed E-state index contributed by atoms with van der Waals surface area (Å²) in [6.45, 7) is 14.9. The minimum atomic E-state index is -0.404. The van der Waals surface area contributed by atoms with Crippen molar-refractivity contribution in [2.24, 2.45) is 5.92 Å². The number of hydrogen-bond donors (Lipinski definition) is 1. The number of carbonyl (C=O) groups is 1. The van der Waals surface area contributed by atoms with Crippen molar-refractivity contribution in [3.63, 3.8) is 0 Å². The van der Waals surface area contributed by atoms with Crippen LogP contribution in [-0.2, 0) is 4.74 Å². The van der Waals surface area contributed by atoms with Gasteiger partial charge < -0.3 is 10.1 Å². The van der Waals surface area contributed by atoms with Crippen molar-refractivity contribution in [1.29, 1.82) is 0 Å². The topological polar surface area (TPSA) is 38.3 Å². The van der Waals surface area contributed by atoms with Crippen LogP contribution in [0.4, 0.5) is 4.79 Å². The Labute approximate surface area is 126 Å². The van der Waals surface area contributed by atoms with Crippen molar-refractivity contribution in [1.82, 2.24) is 5.32 Å². The second-order valence-electron chi connectivity index (χ2n) is 5.99. The number of amides is 1. The van der Waals surface area contributed by atoms with E-state index in [2.05, 4.69) is 19.2 Å². The average molecular weight is 287 g/mol. The van der Waals surface area contributed by atoms with Crippen molar-refractivity contribution >= 4 is 6.09 Å². The Kier molecular flexibility index (Phi) is 14.3. The summed E-state index contributed by atoms with van der Waals surface area (Å²) in [5.74, 6) is 0.858. The summed E-state index contributed by atoms with van der Waals surface area (Å²) in [4.78, 5) is 11.4. The molecule has 0 radical (unpaired) electrons. The van der Waals surface area contributed by atoms with Gasteiger partial charge in [0.15, 0.2) is 0 Å². The molecular formula is C17H37NO2. The fourth-order valence-corrected chi connectivity index (χ4v) is 2.02. The number of nitrogens with one attached hydrogen (secondary N) is 1. The lowest BCUT2D eigenvalue weighted by Gasteiger charge is -2.19. The highest BCUT2D eigenvalue weighted by Crippen LogP contribution is 2.17. The number of alkyl carbamates (subject to hydrolysis) is 1. The number of hydrogen-bond acceptors (Lipinski definition) is 2. The maximum atomic E-state index is 11.4. The van der Waals surface area contributed by atoms with E-state index in [-0.39, 0.29) is 6.09 Å². The highest BCUT2D eigenvalue weighted by Gasteiger charge is 2.15. The van der Waals surface area contributed by atoms with Gasteiger partial charge in [0.2, 0.25) is 0 Å². The van der Waals surface area contributed by atoms with Crippen LogP contribution < -0.4 is 5.32 Å². The quantitative estimate of drug-likeness (QED) is 0.596. The van der Waals surface area contributed by atoms with Crippen LogP contribution in [0, 0.1) is 5.92 Å². The van der Waals surface area contributed by atoms with E-state index in [0.717, 1.165) is 18.9 Å². The van der Waals surface area contributed by atoms with Crippen LogP contribution >= 0.6 is 0 Å². The smallest absolute Gasteiger partial charge is 0.407 e. The Bertz CT molecular complexity index is 222. The van der Waals surface area contributed by atoms with Crippen LogP contribution in [0.15, 0.2) is 0 Å². The molecule has 0 spiro atoms. The molecule has 1 unspecified atom stereocenters. The lowest BCUT2D eigenvalue weighted by molar-refractivity contribution is 0.0527. The number of rotatable bonds is 8. The number of ether oxygens (including phenoxy) is 1. The van der Waals surface area contributed by atoms with Gasteiger partial charge >= 0.3 is 6.09 Å². The van der Waals surface area contributed by atoms with E-state index in [1.165, 1.54) is 32.1 Å². The predicted molar refractivity (Wildman–Crippen MR) is 88.1 cm³/mol. The third-order valence-corrected chi connectivity index (χ3v) is 2.98. The average Bonchev–Trinajstić information content (AvgIpc) is 2.37. The molecule has 0 aliphatic carbocycles. The number of carbonyl (C=O) groups excluding carboxylic acids is 1. The van der Waals surface area contributed by atoms with E-state index in [1.54, 1.807) is 0 Å². The zero-order valence-electron chi connectivity index (χ0n) is 14.8. The van der Waals surface area contributed by atoms with E-state index >= 15 is 0 Å². The van der Waals surface area contributed by atoms with E-state index in [0.29, 0.717) is 0 Å². The molecule has 0 aromatic carbocycles. The molecule has 0 heterocycles. The molecule has 0 aromatic rings. The SMILES string of the molecule is CC.CCCC(CC)CCCCNC(=O)OC(C)(C)C. The van der Waals surface area contributed by atoms with Crippen molar-refractivity contribution in [2.45, 2.75) is 92.6 Å². The van der Waals surface area contributed by atoms with Crippen LogP contribution in [-0.4, -0.2) is 18.2 Å². The van der Waals surface area contributed by atoms with E-state index in [1.807, 2.05) is 34.6 Å². The Morgan fingerprint density at radius 3 is 2.15 bits per heavy atom. The third-order valence-electron chi connectivity index (χ3n) is 2.98. The molecule has 0 aliphatic heterocycles. The Balaban J connectivity index is 0. The van der Waals surface area contributed by atoms with Crippen LogP contribution in [0.25, 0.3) is 0 Å². The lowest BCUT2D eigenvalue weighted by Crippen LogP contribution is -2.33. The molecule has 3 nitrogen and oxygen atoms in total. The van der Waals surface area contributed by atoms with Crippen molar-refractivity contribution in [2.75, 3.05) is 6.54 Å². The van der Waals surface area contributed by atoms with E-state index in [4.69, 9.17) is 4.74 Å². The van der Waals surface area contributed by atoms with Gasteiger partial charge in [-0.05, 0) is 33.1 Å². The first-order valence-electron chi connectivity index (χ1n) is 8.35. The van der Waals surface area contributed by atoms with Crippen LogP contribution in [0.1, 0.15) is 87.0 Å². The molecule has 0 rings (SSSR count). The van der Waals surface area contributed by atoms with E-state index in [9.17, 15) is 4.79 Å². The molecule has 1 amide bonds. The standard InChI is InChI=1S/C15H31NO2.C2H6/c1-6-10-13(7-2)11-8-9-12-16-14(17)18-15(3,4)5;1-2/h13H,6-12H2,1-5H3,(H,16,17);1-2H3. The number of unbranched alkanes of at least 4 members (excludes halogenated alkanes) is 1. The second-order valence-corrected chi connectivity index (χ2v) is 5.99. The minimum absolute atomic E-state index is 0.303. The summed E-state index contributed by atoms with van der Waals surface area (Å²) in [7, 11) is 0. The van der Waals surface area contributed by atoms with Gasteiger partial charge in [-0.3, -0.25) is 0 Å². The fourth-order valence-electron chi connectivity index (χ4n) is 2.02.